The zero-order valence-corrected chi connectivity index (χ0v) is 17.8. The average Bonchev–Trinajstić information content (AvgIpc) is 3.30. The van der Waals surface area contributed by atoms with Gasteiger partial charge in [-0.3, -0.25) is 0 Å². The van der Waals surface area contributed by atoms with Gasteiger partial charge in [0.05, 0.1) is 6.04 Å². The second-order valence-electron chi connectivity index (χ2n) is 8.42. The van der Waals surface area contributed by atoms with Crippen LogP contribution in [-0.4, -0.2) is 51.9 Å². The molecule has 7 heteroatoms. The molecule has 2 saturated heterocycles. The van der Waals surface area contributed by atoms with Crippen molar-refractivity contribution < 1.29 is 4.74 Å². The molecule has 1 atom stereocenters. The van der Waals surface area contributed by atoms with Gasteiger partial charge in [0.1, 0.15) is 12.4 Å². The highest BCUT2D eigenvalue weighted by atomic mass is 16.5. The first-order valence-corrected chi connectivity index (χ1v) is 10.6. The average molecular weight is 397 g/mol. The molecule has 0 saturated carbocycles. The van der Waals surface area contributed by atoms with Crippen molar-refractivity contribution in [1.82, 2.24) is 25.0 Å². The number of benzene rings is 1. The van der Waals surface area contributed by atoms with Crippen LogP contribution in [0.3, 0.4) is 0 Å². The van der Waals surface area contributed by atoms with Crippen LogP contribution in [0.4, 0.5) is 0 Å². The van der Waals surface area contributed by atoms with Crippen LogP contribution >= 0.6 is 0 Å². The summed E-state index contributed by atoms with van der Waals surface area (Å²) >= 11 is 0. The molecule has 2 aromatic rings. The maximum Gasteiger partial charge on any atom is 0.194 e. The Kier molecular flexibility index (Phi) is 5.85. The molecule has 1 aromatic carbocycles. The van der Waals surface area contributed by atoms with Gasteiger partial charge in [0, 0.05) is 33.4 Å². The molecule has 2 aliphatic rings. The Morgan fingerprint density at radius 2 is 1.97 bits per heavy atom. The van der Waals surface area contributed by atoms with Crippen molar-refractivity contribution in [1.29, 1.82) is 0 Å². The number of ether oxygens (including phenoxy) is 1. The fraction of sp³-hybridized carbons (Fsp3) is 0.591. The number of nitrogens with one attached hydrogen (secondary N) is 1. The molecule has 0 amide bonds. The third kappa shape index (κ3) is 4.45. The summed E-state index contributed by atoms with van der Waals surface area (Å²) in [6, 6.07) is 10.7. The maximum absolute atomic E-state index is 5.61. The zero-order chi connectivity index (χ0) is 20.3. The van der Waals surface area contributed by atoms with Crippen LogP contribution < -0.4 is 5.32 Å². The summed E-state index contributed by atoms with van der Waals surface area (Å²) < 4.78 is 7.62. The minimum Gasteiger partial charge on any atom is -0.381 e. The molecule has 1 unspecified atom stereocenters. The number of rotatable bonds is 4. The van der Waals surface area contributed by atoms with Crippen LogP contribution in [0.25, 0.3) is 0 Å². The van der Waals surface area contributed by atoms with E-state index in [-0.39, 0.29) is 6.04 Å². The number of aliphatic imine (C=N–C) groups is 1. The first-order valence-electron chi connectivity index (χ1n) is 10.6. The molecule has 1 aromatic heterocycles. The molecule has 0 aliphatic carbocycles. The van der Waals surface area contributed by atoms with Crippen LogP contribution in [0, 0.1) is 12.3 Å². The topological polar surface area (TPSA) is 67.6 Å². The van der Waals surface area contributed by atoms with Crippen LogP contribution in [0.2, 0.25) is 0 Å². The van der Waals surface area contributed by atoms with E-state index in [0.29, 0.717) is 12.0 Å². The van der Waals surface area contributed by atoms with Crippen molar-refractivity contribution in [2.75, 3.05) is 26.3 Å². The Balaban J connectivity index is 1.53. The van der Waals surface area contributed by atoms with Crippen molar-refractivity contribution in [3.05, 3.63) is 47.5 Å². The first kappa shape index (κ1) is 19.9. The van der Waals surface area contributed by atoms with Gasteiger partial charge in [0.2, 0.25) is 0 Å². The van der Waals surface area contributed by atoms with Crippen LogP contribution in [0.5, 0.6) is 0 Å². The Morgan fingerprint density at radius 1 is 1.21 bits per heavy atom. The quantitative estimate of drug-likeness (QED) is 0.636. The number of likely N-dealkylation sites (tertiary alicyclic amines) is 1. The van der Waals surface area contributed by atoms with E-state index in [4.69, 9.17) is 9.73 Å². The monoisotopic (exact) mass is 396 g/mol. The van der Waals surface area contributed by atoms with E-state index in [1.165, 1.54) is 12.0 Å². The normalized spacial score (nSPS) is 20.2. The Bertz CT molecular complexity index is 840. The third-order valence-corrected chi connectivity index (χ3v) is 6.49. The van der Waals surface area contributed by atoms with Gasteiger partial charge in [-0.15, -0.1) is 10.2 Å². The fourth-order valence-electron chi connectivity index (χ4n) is 4.32. The van der Waals surface area contributed by atoms with E-state index in [9.17, 15) is 0 Å². The third-order valence-electron chi connectivity index (χ3n) is 6.49. The molecule has 29 heavy (non-hydrogen) atoms. The summed E-state index contributed by atoms with van der Waals surface area (Å²) in [5, 5.41) is 12.1. The van der Waals surface area contributed by atoms with Crippen molar-refractivity contribution in [2.24, 2.45) is 17.5 Å². The second kappa shape index (κ2) is 8.53. The number of hydrogen-bond donors (Lipinski definition) is 1. The number of guanidine groups is 1. The Labute approximate surface area is 173 Å². The van der Waals surface area contributed by atoms with E-state index in [1.54, 1.807) is 0 Å². The van der Waals surface area contributed by atoms with Gasteiger partial charge in [-0.05, 0) is 44.1 Å². The second-order valence-corrected chi connectivity index (χ2v) is 8.42. The van der Waals surface area contributed by atoms with Gasteiger partial charge < -0.3 is 19.5 Å². The molecule has 2 fully saturated rings. The van der Waals surface area contributed by atoms with Crippen LogP contribution in [0.1, 0.15) is 49.4 Å². The van der Waals surface area contributed by atoms with Gasteiger partial charge in [-0.25, -0.2) is 4.99 Å². The lowest BCUT2D eigenvalue weighted by molar-refractivity contribution is 0.0217. The summed E-state index contributed by atoms with van der Waals surface area (Å²) in [5.41, 5.74) is 1.63. The summed E-state index contributed by atoms with van der Waals surface area (Å²) in [5.74, 6) is 2.75. The van der Waals surface area contributed by atoms with Crippen molar-refractivity contribution in [2.45, 2.75) is 45.7 Å². The molecule has 3 heterocycles. The summed E-state index contributed by atoms with van der Waals surface area (Å²) in [4.78, 5) is 7.40. The SMILES string of the molecule is Cc1nnc(CN=C(NC(C)c2ccccc2)N2CCC3(CCOCC3)C2)n1C. The van der Waals surface area contributed by atoms with Crippen molar-refractivity contribution in [3.63, 3.8) is 0 Å². The van der Waals surface area contributed by atoms with Gasteiger partial charge in [0.15, 0.2) is 11.8 Å². The van der Waals surface area contributed by atoms with Crippen LogP contribution in [-0.2, 0) is 18.3 Å². The molecular weight excluding hydrogens is 364 g/mol. The van der Waals surface area contributed by atoms with E-state index >= 15 is 0 Å². The number of aromatic nitrogens is 3. The molecule has 2 aliphatic heterocycles. The predicted octanol–water partition coefficient (Wildman–Crippen LogP) is 2.83. The smallest absolute Gasteiger partial charge is 0.194 e. The highest BCUT2D eigenvalue weighted by Gasteiger charge is 2.40. The van der Waals surface area contributed by atoms with Crippen molar-refractivity contribution >= 4 is 5.96 Å². The van der Waals surface area contributed by atoms with Gasteiger partial charge in [-0.2, -0.15) is 0 Å². The lowest BCUT2D eigenvalue weighted by atomic mass is 9.80. The van der Waals surface area contributed by atoms with Gasteiger partial charge >= 0.3 is 0 Å². The number of nitrogens with zero attached hydrogens (tertiary/aromatic N) is 5. The van der Waals surface area contributed by atoms with Crippen LogP contribution in [0.15, 0.2) is 35.3 Å². The molecule has 1 spiro atoms. The molecule has 156 valence electrons. The molecule has 0 radical (unpaired) electrons. The largest absolute Gasteiger partial charge is 0.381 e. The minimum absolute atomic E-state index is 0.183. The van der Waals surface area contributed by atoms with E-state index in [2.05, 4.69) is 57.7 Å². The fourth-order valence-corrected chi connectivity index (χ4v) is 4.32. The molecule has 4 rings (SSSR count). The zero-order valence-electron chi connectivity index (χ0n) is 17.8. The first-order chi connectivity index (χ1) is 14.1. The highest BCUT2D eigenvalue weighted by molar-refractivity contribution is 5.80. The Hall–Kier alpha value is -2.41. The highest BCUT2D eigenvalue weighted by Crippen LogP contribution is 2.39. The molecular formula is C22H32N6O. The predicted molar refractivity (Wildman–Crippen MR) is 114 cm³/mol. The lowest BCUT2D eigenvalue weighted by Crippen LogP contribution is -2.43. The van der Waals surface area contributed by atoms with Gasteiger partial charge in [-0.1, -0.05) is 30.3 Å². The summed E-state index contributed by atoms with van der Waals surface area (Å²) in [7, 11) is 1.99. The maximum atomic E-state index is 5.61. The molecule has 7 nitrogen and oxygen atoms in total. The summed E-state index contributed by atoms with van der Waals surface area (Å²) in [6.45, 7) is 8.52. The number of hydrogen-bond acceptors (Lipinski definition) is 4. The van der Waals surface area contributed by atoms with E-state index in [0.717, 1.165) is 56.8 Å². The standard InChI is InChI=1S/C22H32N6O/c1-17(19-7-5-4-6-8-19)24-21(23-15-20-26-25-18(2)27(20)3)28-12-9-22(16-28)10-13-29-14-11-22/h4-8,17H,9-16H2,1-3H3,(H,23,24). The van der Waals surface area contributed by atoms with Gasteiger partial charge in [0.25, 0.3) is 0 Å². The lowest BCUT2D eigenvalue weighted by Gasteiger charge is -2.34. The molecule has 1 N–H and O–H groups in total. The van der Waals surface area contributed by atoms with E-state index < -0.39 is 0 Å². The van der Waals surface area contributed by atoms with Crippen molar-refractivity contribution in [3.8, 4) is 0 Å². The molecule has 0 bridgehead atoms. The van der Waals surface area contributed by atoms with E-state index in [1.807, 2.05) is 18.5 Å². The Morgan fingerprint density at radius 3 is 2.66 bits per heavy atom. The summed E-state index contributed by atoms with van der Waals surface area (Å²) in [6.07, 6.45) is 3.50. The number of aryl methyl sites for hydroxylation is 1. The minimum atomic E-state index is 0.183.